The number of fused-ring (bicyclic) bond motifs is 1. The van der Waals surface area contributed by atoms with Crippen molar-refractivity contribution in [1.29, 1.82) is 0 Å². The second-order valence-corrected chi connectivity index (χ2v) is 10.8. The summed E-state index contributed by atoms with van der Waals surface area (Å²) in [6.07, 6.45) is -2.36. The number of aromatic nitrogens is 2. The molecule has 0 bridgehead atoms. The van der Waals surface area contributed by atoms with Gasteiger partial charge in [0.2, 0.25) is 0 Å². The van der Waals surface area contributed by atoms with Gasteiger partial charge in [0.1, 0.15) is 40.7 Å². The van der Waals surface area contributed by atoms with E-state index < -0.39 is 65.3 Å². The van der Waals surface area contributed by atoms with Crippen molar-refractivity contribution in [2.24, 2.45) is 0 Å². The monoisotopic (exact) mass is 680 g/mol. The number of carbonyl (C=O) groups excluding carboxylic acids is 1. The SMILES string of the molecule is O=C(N[C@@H](Cc1ccc(-c2c(Cl)cc(F)cc2Cl)c2nccn12)C(=O)O)c1c(F)cc(N[C@H](c2ccccc2)C(F)(F)F)cc1F. The van der Waals surface area contributed by atoms with Crippen molar-refractivity contribution in [3.63, 3.8) is 0 Å². The third kappa shape index (κ3) is 6.75. The minimum absolute atomic E-state index is 0.00223. The highest BCUT2D eigenvalue weighted by Gasteiger charge is 2.41. The Morgan fingerprint density at radius 2 is 1.57 bits per heavy atom. The van der Waals surface area contributed by atoms with Crippen LogP contribution in [0.2, 0.25) is 10.0 Å². The van der Waals surface area contributed by atoms with Gasteiger partial charge in [-0.2, -0.15) is 13.2 Å². The highest BCUT2D eigenvalue weighted by molar-refractivity contribution is 6.39. The van der Waals surface area contributed by atoms with Gasteiger partial charge < -0.3 is 20.1 Å². The largest absolute Gasteiger partial charge is 0.480 e. The normalized spacial score (nSPS) is 13.0. The smallest absolute Gasteiger partial charge is 0.412 e. The molecule has 3 N–H and O–H groups in total. The number of benzene rings is 3. The zero-order chi connectivity index (χ0) is 33.3. The molecule has 15 heteroatoms. The van der Waals surface area contributed by atoms with Crippen LogP contribution in [0.1, 0.15) is 27.7 Å². The van der Waals surface area contributed by atoms with Crippen molar-refractivity contribution in [3.05, 3.63) is 123 Å². The number of amides is 1. The van der Waals surface area contributed by atoms with E-state index in [-0.39, 0.29) is 32.5 Å². The Hall–Kier alpha value is -4.75. The molecule has 2 atom stereocenters. The minimum Gasteiger partial charge on any atom is -0.480 e. The molecule has 0 radical (unpaired) electrons. The lowest BCUT2D eigenvalue weighted by Gasteiger charge is -2.23. The average molecular weight is 681 g/mol. The van der Waals surface area contributed by atoms with Gasteiger partial charge in [0, 0.05) is 41.3 Å². The predicted octanol–water partition coefficient (Wildman–Crippen LogP) is 7.87. The van der Waals surface area contributed by atoms with Crippen LogP contribution >= 0.6 is 23.2 Å². The molecule has 0 saturated carbocycles. The quantitative estimate of drug-likeness (QED) is 0.138. The molecule has 3 aromatic carbocycles. The fourth-order valence-corrected chi connectivity index (χ4v) is 5.57. The van der Waals surface area contributed by atoms with E-state index in [1.165, 1.54) is 59.3 Å². The van der Waals surface area contributed by atoms with Crippen LogP contribution in [0.4, 0.5) is 32.0 Å². The van der Waals surface area contributed by atoms with Crippen molar-refractivity contribution in [2.75, 3.05) is 5.32 Å². The number of carbonyl (C=O) groups is 2. The Bertz CT molecular complexity index is 1910. The number of nitrogens with one attached hydrogen (secondary N) is 2. The number of halogens is 8. The van der Waals surface area contributed by atoms with E-state index in [2.05, 4.69) is 10.3 Å². The molecule has 2 aromatic heterocycles. The summed E-state index contributed by atoms with van der Waals surface area (Å²) >= 11 is 12.4. The van der Waals surface area contributed by atoms with Crippen LogP contribution in [0, 0.1) is 17.5 Å². The summed E-state index contributed by atoms with van der Waals surface area (Å²) in [5.41, 5.74) is -0.803. The van der Waals surface area contributed by atoms with E-state index in [4.69, 9.17) is 23.2 Å². The molecule has 7 nitrogen and oxygen atoms in total. The highest BCUT2D eigenvalue weighted by atomic mass is 35.5. The number of pyridine rings is 1. The summed E-state index contributed by atoms with van der Waals surface area (Å²) in [6.45, 7) is 0. The summed E-state index contributed by atoms with van der Waals surface area (Å²) in [7, 11) is 0. The molecule has 0 unspecified atom stereocenters. The van der Waals surface area contributed by atoms with E-state index in [1.54, 1.807) is 0 Å². The van der Waals surface area contributed by atoms with Crippen molar-refractivity contribution in [1.82, 2.24) is 14.7 Å². The molecule has 1 amide bonds. The zero-order valence-electron chi connectivity index (χ0n) is 23.0. The molecule has 0 saturated heterocycles. The fraction of sp³-hybridized carbons (Fsp3) is 0.129. The first kappa shape index (κ1) is 32.6. The predicted molar refractivity (Wildman–Crippen MR) is 158 cm³/mol. The van der Waals surface area contributed by atoms with E-state index in [0.29, 0.717) is 17.7 Å². The van der Waals surface area contributed by atoms with Gasteiger partial charge in [-0.05, 0) is 42.0 Å². The highest BCUT2D eigenvalue weighted by Crippen LogP contribution is 2.38. The number of rotatable bonds is 9. The number of carboxylic acids is 1. The van der Waals surface area contributed by atoms with Crippen molar-refractivity contribution < 1.29 is 41.0 Å². The van der Waals surface area contributed by atoms with Crippen LogP contribution in [0.3, 0.4) is 0 Å². The van der Waals surface area contributed by atoms with Crippen LogP contribution in [-0.2, 0) is 11.2 Å². The van der Waals surface area contributed by atoms with Gasteiger partial charge in [-0.1, -0.05) is 53.5 Å². The van der Waals surface area contributed by atoms with Gasteiger partial charge in [-0.3, -0.25) is 4.79 Å². The minimum atomic E-state index is -4.84. The Kier molecular flexibility index (Phi) is 9.17. The topological polar surface area (TPSA) is 95.7 Å². The standard InChI is InChI=1S/C31H20Cl2F6N4O3/c32-20-10-16(34)11-21(33)25(20)19-7-6-18(43-9-8-40-28(19)43)14-24(30(45)46)42-29(44)26-22(35)12-17(13-23(26)36)41-27(31(37,38)39)15-4-2-1-3-5-15/h1-13,24,27,41H,14H2,(H,42,44)(H,45,46)/t24-,27+/m0/s1. The number of nitrogens with zero attached hydrogens (tertiary/aromatic N) is 2. The number of aliphatic carboxylic acids is 1. The number of carboxylic acid groups (broad SMARTS) is 1. The van der Waals surface area contributed by atoms with Crippen LogP contribution in [-0.4, -0.2) is 38.6 Å². The van der Waals surface area contributed by atoms with Crippen molar-refractivity contribution >= 4 is 46.4 Å². The second-order valence-electron chi connectivity index (χ2n) is 10.0. The van der Waals surface area contributed by atoms with Crippen LogP contribution in [0.5, 0.6) is 0 Å². The van der Waals surface area contributed by atoms with E-state index in [1.807, 2.05) is 5.32 Å². The van der Waals surface area contributed by atoms with Crippen LogP contribution in [0.25, 0.3) is 16.8 Å². The van der Waals surface area contributed by atoms with Crippen LogP contribution < -0.4 is 10.6 Å². The molecule has 46 heavy (non-hydrogen) atoms. The Labute approximate surface area is 266 Å². The summed E-state index contributed by atoms with van der Waals surface area (Å²) in [5.74, 6) is -6.70. The molecule has 5 rings (SSSR count). The lowest BCUT2D eigenvalue weighted by molar-refractivity contribution is -0.144. The maximum atomic E-state index is 15.0. The lowest BCUT2D eigenvalue weighted by Crippen LogP contribution is -2.43. The van der Waals surface area contributed by atoms with Gasteiger partial charge in [0.15, 0.2) is 0 Å². The maximum absolute atomic E-state index is 15.0. The van der Waals surface area contributed by atoms with Crippen molar-refractivity contribution in [2.45, 2.75) is 24.7 Å². The lowest BCUT2D eigenvalue weighted by atomic mass is 10.0. The Morgan fingerprint density at radius 1 is 0.935 bits per heavy atom. The number of anilines is 1. The number of alkyl halides is 3. The first-order chi connectivity index (χ1) is 21.7. The Balaban J connectivity index is 1.40. The maximum Gasteiger partial charge on any atom is 0.412 e. The second kappa shape index (κ2) is 12.9. The third-order valence-corrected chi connectivity index (χ3v) is 7.56. The van der Waals surface area contributed by atoms with E-state index >= 15 is 8.78 Å². The first-order valence-electron chi connectivity index (χ1n) is 13.3. The van der Waals surface area contributed by atoms with E-state index in [0.717, 1.165) is 12.1 Å². The molecular formula is C31H20Cl2F6N4O3. The summed E-state index contributed by atoms with van der Waals surface area (Å²) < 4.78 is 86.5. The molecule has 0 fully saturated rings. The van der Waals surface area contributed by atoms with Gasteiger partial charge in [0.05, 0.1) is 10.0 Å². The molecule has 2 heterocycles. The number of hydrogen-bond donors (Lipinski definition) is 3. The van der Waals surface area contributed by atoms with Gasteiger partial charge >= 0.3 is 12.1 Å². The zero-order valence-corrected chi connectivity index (χ0v) is 24.6. The van der Waals surface area contributed by atoms with Crippen molar-refractivity contribution in [3.8, 4) is 11.1 Å². The molecule has 0 aliphatic heterocycles. The first-order valence-corrected chi connectivity index (χ1v) is 14.0. The third-order valence-electron chi connectivity index (χ3n) is 6.97. The average Bonchev–Trinajstić information content (AvgIpc) is 3.46. The fourth-order valence-electron chi connectivity index (χ4n) is 4.91. The molecular weight excluding hydrogens is 661 g/mol. The summed E-state index contributed by atoms with van der Waals surface area (Å²) in [6, 6.07) is 8.70. The number of imidazole rings is 1. The molecule has 0 aliphatic rings. The van der Waals surface area contributed by atoms with Gasteiger partial charge in [-0.25, -0.2) is 22.9 Å². The number of hydrogen-bond acceptors (Lipinski definition) is 4. The van der Waals surface area contributed by atoms with Crippen LogP contribution in [0.15, 0.2) is 79.1 Å². The van der Waals surface area contributed by atoms with Gasteiger partial charge in [0.25, 0.3) is 5.91 Å². The van der Waals surface area contributed by atoms with Gasteiger partial charge in [-0.15, -0.1) is 0 Å². The Morgan fingerprint density at radius 3 is 2.15 bits per heavy atom. The summed E-state index contributed by atoms with van der Waals surface area (Å²) in [4.78, 5) is 29.3. The summed E-state index contributed by atoms with van der Waals surface area (Å²) in [5, 5.41) is 13.9. The molecule has 0 spiro atoms. The molecule has 5 aromatic rings. The molecule has 0 aliphatic carbocycles. The van der Waals surface area contributed by atoms with E-state index in [9.17, 15) is 32.3 Å². The molecule has 238 valence electrons.